The fourth-order valence-electron chi connectivity index (χ4n) is 2.34. The van der Waals surface area contributed by atoms with Crippen molar-refractivity contribution in [2.24, 2.45) is 0 Å². The van der Waals surface area contributed by atoms with E-state index in [0.29, 0.717) is 11.4 Å². The van der Waals surface area contributed by atoms with Gasteiger partial charge in [-0.15, -0.1) is 0 Å². The first-order chi connectivity index (χ1) is 7.02. The van der Waals surface area contributed by atoms with Crippen LogP contribution in [0.1, 0.15) is 36.5 Å². The molecule has 1 heterocycles. The lowest BCUT2D eigenvalue weighted by Gasteiger charge is -2.12. The van der Waals surface area contributed by atoms with Crippen molar-refractivity contribution >= 4 is 10.9 Å². The lowest BCUT2D eigenvalue weighted by Crippen LogP contribution is -1.96. The maximum absolute atomic E-state index is 13.7. The number of aromatic nitrogens is 1. The maximum atomic E-state index is 13.7. The molecule has 0 saturated heterocycles. The Labute approximate surface area is 89.3 Å². The van der Waals surface area contributed by atoms with Crippen LogP contribution < -0.4 is 0 Å². The van der Waals surface area contributed by atoms with Gasteiger partial charge in [-0.1, -0.05) is 13.8 Å². The molecule has 0 spiro atoms. The van der Waals surface area contributed by atoms with E-state index in [1.165, 1.54) is 5.56 Å². The van der Waals surface area contributed by atoms with Gasteiger partial charge in [0.25, 0.3) is 0 Å². The van der Waals surface area contributed by atoms with Gasteiger partial charge < -0.3 is 4.98 Å². The molecule has 1 nitrogen and oxygen atoms in total. The van der Waals surface area contributed by atoms with Gasteiger partial charge in [0, 0.05) is 11.6 Å². The van der Waals surface area contributed by atoms with Crippen LogP contribution in [0.5, 0.6) is 0 Å². The van der Waals surface area contributed by atoms with Crippen molar-refractivity contribution in [3.05, 3.63) is 34.8 Å². The van der Waals surface area contributed by atoms with Crippen LogP contribution in [0.2, 0.25) is 0 Å². The van der Waals surface area contributed by atoms with E-state index in [-0.39, 0.29) is 5.82 Å². The Balaban J connectivity index is 2.93. The predicted molar refractivity (Wildman–Crippen MR) is 61.8 cm³/mol. The molecule has 0 radical (unpaired) electrons. The van der Waals surface area contributed by atoms with Gasteiger partial charge in [-0.3, -0.25) is 0 Å². The maximum Gasteiger partial charge on any atom is 0.147 e. The van der Waals surface area contributed by atoms with Gasteiger partial charge in [-0.25, -0.2) is 4.39 Å². The molecule has 0 fully saturated rings. The van der Waals surface area contributed by atoms with Crippen LogP contribution in [0.3, 0.4) is 0 Å². The third-order valence-corrected chi connectivity index (χ3v) is 2.93. The highest BCUT2D eigenvalue weighted by Gasteiger charge is 2.15. The highest BCUT2D eigenvalue weighted by atomic mass is 19.1. The molecule has 0 unspecified atom stereocenters. The molecule has 0 bridgehead atoms. The van der Waals surface area contributed by atoms with Crippen molar-refractivity contribution in [3.8, 4) is 0 Å². The summed E-state index contributed by atoms with van der Waals surface area (Å²) >= 11 is 0. The number of fused-ring (bicyclic) bond motifs is 1. The van der Waals surface area contributed by atoms with Gasteiger partial charge in [0.15, 0.2) is 0 Å². The summed E-state index contributed by atoms with van der Waals surface area (Å²) in [4.78, 5) is 3.00. The summed E-state index contributed by atoms with van der Waals surface area (Å²) < 4.78 is 13.7. The highest BCUT2D eigenvalue weighted by Crippen LogP contribution is 2.32. The number of aromatic amines is 1. The number of H-pyrrole nitrogens is 1. The van der Waals surface area contributed by atoms with E-state index < -0.39 is 0 Å². The second kappa shape index (κ2) is 3.37. The van der Waals surface area contributed by atoms with Crippen molar-refractivity contribution in [1.82, 2.24) is 4.98 Å². The Bertz CT molecular complexity index is 509. The minimum Gasteiger partial charge on any atom is -0.359 e. The average Bonchev–Trinajstić information content (AvgIpc) is 2.48. The number of hydrogen-bond acceptors (Lipinski definition) is 0. The van der Waals surface area contributed by atoms with Crippen molar-refractivity contribution in [2.45, 2.75) is 33.6 Å². The molecular formula is C13H16FN. The number of halogens is 1. The second-order valence-corrected chi connectivity index (χ2v) is 4.47. The fraction of sp³-hybridized carbons (Fsp3) is 0.385. The Kier molecular flexibility index (Phi) is 2.29. The summed E-state index contributed by atoms with van der Waals surface area (Å²) in [6.07, 6.45) is 1.87. The molecule has 1 aromatic carbocycles. The van der Waals surface area contributed by atoms with Crippen LogP contribution >= 0.6 is 0 Å². The minimum absolute atomic E-state index is 0.153. The summed E-state index contributed by atoms with van der Waals surface area (Å²) in [5.41, 5.74) is 4.06. The molecule has 0 aliphatic carbocycles. The molecule has 0 saturated carbocycles. The third kappa shape index (κ3) is 1.44. The lowest BCUT2D eigenvalue weighted by molar-refractivity contribution is 0.635. The molecule has 80 valence electrons. The number of benzene rings is 1. The first-order valence-electron chi connectivity index (χ1n) is 5.29. The quantitative estimate of drug-likeness (QED) is 0.723. The zero-order chi connectivity index (χ0) is 11.2. The van der Waals surface area contributed by atoms with Gasteiger partial charge >= 0.3 is 0 Å². The van der Waals surface area contributed by atoms with Crippen molar-refractivity contribution in [2.75, 3.05) is 0 Å². The van der Waals surface area contributed by atoms with E-state index >= 15 is 0 Å². The smallest absolute Gasteiger partial charge is 0.147 e. The molecule has 0 aliphatic heterocycles. The van der Waals surface area contributed by atoms with Crippen LogP contribution in [-0.2, 0) is 0 Å². The molecule has 1 N–H and O–H groups in total. The molecule has 2 rings (SSSR count). The SMILES string of the molecule is Cc1cc(F)c2[nH]cc(C)c2c1C(C)C. The average molecular weight is 205 g/mol. The van der Waals surface area contributed by atoms with Gasteiger partial charge in [0.05, 0.1) is 5.52 Å². The molecular weight excluding hydrogens is 189 g/mol. The van der Waals surface area contributed by atoms with Crippen molar-refractivity contribution in [3.63, 3.8) is 0 Å². The molecule has 2 aromatic rings. The normalized spacial score (nSPS) is 11.6. The van der Waals surface area contributed by atoms with Crippen LogP contribution in [0.25, 0.3) is 10.9 Å². The first-order valence-corrected chi connectivity index (χ1v) is 5.29. The molecule has 0 amide bonds. The molecule has 1 aromatic heterocycles. The minimum atomic E-state index is -0.153. The van der Waals surface area contributed by atoms with E-state index in [0.717, 1.165) is 16.5 Å². The summed E-state index contributed by atoms with van der Waals surface area (Å²) in [5, 5.41) is 1.06. The summed E-state index contributed by atoms with van der Waals surface area (Å²) in [6.45, 7) is 8.28. The highest BCUT2D eigenvalue weighted by molar-refractivity contribution is 5.88. The lowest BCUT2D eigenvalue weighted by atomic mass is 9.92. The van der Waals surface area contributed by atoms with E-state index in [2.05, 4.69) is 18.8 Å². The Hall–Kier alpha value is -1.31. The monoisotopic (exact) mass is 205 g/mol. The van der Waals surface area contributed by atoms with Gasteiger partial charge in [-0.2, -0.15) is 0 Å². The van der Waals surface area contributed by atoms with Crippen LogP contribution in [0.4, 0.5) is 4.39 Å². The Morgan fingerprint density at radius 1 is 1.20 bits per heavy atom. The topological polar surface area (TPSA) is 15.8 Å². The summed E-state index contributed by atoms with van der Waals surface area (Å²) in [7, 11) is 0. The Morgan fingerprint density at radius 2 is 1.87 bits per heavy atom. The van der Waals surface area contributed by atoms with E-state index in [4.69, 9.17) is 0 Å². The fourth-order valence-corrected chi connectivity index (χ4v) is 2.34. The van der Waals surface area contributed by atoms with Crippen LogP contribution in [-0.4, -0.2) is 4.98 Å². The molecule has 0 atom stereocenters. The number of nitrogens with one attached hydrogen (secondary N) is 1. The van der Waals surface area contributed by atoms with Crippen LogP contribution in [0.15, 0.2) is 12.3 Å². The van der Waals surface area contributed by atoms with E-state index in [1.807, 2.05) is 20.0 Å². The van der Waals surface area contributed by atoms with E-state index in [1.54, 1.807) is 6.07 Å². The number of hydrogen-bond donors (Lipinski definition) is 1. The standard InChI is InChI=1S/C13H16FN/c1-7(2)11-8(3)5-10(14)13-12(11)9(4)6-15-13/h5-7,15H,1-4H3. The molecule has 2 heteroatoms. The van der Waals surface area contributed by atoms with Gasteiger partial charge in [0.1, 0.15) is 5.82 Å². The third-order valence-electron chi connectivity index (χ3n) is 2.93. The summed E-state index contributed by atoms with van der Waals surface area (Å²) in [6, 6.07) is 1.62. The summed E-state index contributed by atoms with van der Waals surface area (Å²) in [5.74, 6) is 0.266. The predicted octanol–water partition coefficient (Wildman–Crippen LogP) is 4.05. The van der Waals surface area contributed by atoms with Crippen molar-refractivity contribution < 1.29 is 4.39 Å². The van der Waals surface area contributed by atoms with Crippen molar-refractivity contribution in [1.29, 1.82) is 0 Å². The molecule has 0 aliphatic rings. The second-order valence-electron chi connectivity index (χ2n) is 4.47. The van der Waals surface area contributed by atoms with Gasteiger partial charge in [-0.05, 0) is 42.5 Å². The zero-order valence-corrected chi connectivity index (χ0v) is 9.61. The first kappa shape index (κ1) is 10.2. The molecule has 15 heavy (non-hydrogen) atoms. The van der Waals surface area contributed by atoms with Gasteiger partial charge in [0.2, 0.25) is 0 Å². The zero-order valence-electron chi connectivity index (χ0n) is 9.61. The number of aryl methyl sites for hydroxylation is 2. The largest absolute Gasteiger partial charge is 0.359 e. The van der Waals surface area contributed by atoms with E-state index in [9.17, 15) is 4.39 Å². The number of rotatable bonds is 1. The Morgan fingerprint density at radius 3 is 2.47 bits per heavy atom. The van der Waals surface area contributed by atoms with Crippen LogP contribution in [0, 0.1) is 19.7 Å².